The lowest BCUT2D eigenvalue weighted by atomic mass is 10.1. The summed E-state index contributed by atoms with van der Waals surface area (Å²) in [4.78, 5) is 28.1. The topological polar surface area (TPSA) is 83.4 Å². The third-order valence-electron chi connectivity index (χ3n) is 4.89. The number of benzene rings is 1. The summed E-state index contributed by atoms with van der Waals surface area (Å²) in [5.74, 6) is 0.360. The van der Waals surface area contributed by atoms with E-state index >= 15 is 0 Å². The first-order valence-corrected chi connectivity index (χ1v) is 8.58. The van der Waals surface area contributed by atoms with Crippen LogP contribution in [0.25, 0.3) is 11.4 Å². The fourth-order valence-electron chi connectivity index (χ4n) is 3.56. The number of nitrogens with one attached hydrogen (secondary N) is 1. The molecule has 1 aromatic heterocycles. The monoisotopic (exact) mass is 358 g/mol. The summed E-state index contributed by atoms with van der Waals surface area (Å²) in [5.41, 5.74) is 0.674. The Morgan fingerprint density at radius 2 is 1.92 bits per heavy atom. The van der Waals surface area contributed by atoms with Crippen LogP contribution in [0.4, 0.5) is 15.1 Å². The number of hydrogen-bond donors (Lipinski definition) is 1. The van der Waals surface area contributed by atoms with Gasteiger partial charge in [-0.25, -0.2) is 9.18 Å². The van der Waals surface area contributed by atoms with Crippen LogP contribution in [0.1, 0.15) is 25.9 Å². The fourth-order valence-corrected chi connectivity index (χ4v) is 3.56. The predicted octanol–water partition coefficient (Wildman–Crippen LogP) is 1.75. The number of fused-ring (bicyclic) bond motifs is 3. The first kappa shape index (κ1) is 16.5. The number of nitrogens with zero attached hydrogens (tertiary/aromatic N) is 5. The molecule has 136 valence electrons. The van der Waals surface area contributed by atoms with E-state index in [1.807, 2.05) is 4.90 Å². The van der Waals surface area contributed by atoms with Gasteiger partial charge in [0.25, 0.3) is 5.91 Å². The Morgan fingerprint density at radius 3 is 2.62 bits per heavy atom. The van der Waals surface area contributed by atoms with E-state index in [1.165, 1.54) is 17.0 Å². The average Bonchev–Trinajstić information content (AvgIpc) is 3.17. The van der Waals surface area contributed by atoms with Crippen LogP contribution < -0.4 is 10.2 Å². The summed E-state index contributed by atoms with van der Waals surface area (Å²) in [5, 5.41) is 10.9. The highest BCUT2D eigenvalue weighted by Gasteiger charge is 2.52. The number of likely N-dealkylation sites (N-methyl/N-ethyl adjacent to an activating group) is 1. The van der Waals surface area contributed by atoms with Crippen molar-refractivity contribution in [2.75, 3.05) is 18.5 Å². The molecule has 3 heterocycles. The molecule has 1 aromatic carbocycles. The number of urea groups is 1. The summed E-state index contributed by atoms with van der Waals surface area (Å²) in [6.45, 7) is 2.70. The first-order chi connectivity index (χ1) is 12.5. The van der Waals surface area contributed by atoms with Gasteiger partial charge in [-0.3, -0.25) is 14.7 Å². The molecule has 0 saturated carbocycles. The number of anilines is 1. The van der Waals surface area contributed by atoms with E-state index in [0.717, 1.165) is 12.8 Å². The Balaban J connectivity index is 1.84. The maximum atomic E-state index is 13.3. The quantitative estimate of drug-likeness (QED) is 0.900. The number of aromatic nitrogens is 3. The average molecular weight is 358 g/mol. The smallest absolute Gasteiger partial charge is 0.325 e. The standard InChI is InChI=1S/C17H19FN6O2/c1-3-4-9-23-12-14(25)19-17(26)22(2)15(12)24-13(20-21-16(23)24)10-5-7-11(18)8-6-10/h5-8,12,15H,3-4,9H2,1-2H3,(H,19,25,26). The van der Waals surface area contributed by atoms with Gasteiger partial charge in [0.15, 0.2) is 11.9 Å². The van der Waals surface area contributed by atoms with Gasteiger partial charge in [0.05, 0.1) is 0 Å². The minimum Gasteiger partial charge on any atom is -0.325 e. The third-order valence-corrected chi connectivity index (χ3v) is 4.89. The van der Waals surface area contributed by atoms with E-state index in [2.05, 4.69) is 22.4 Å². The second-order valence-corrected chi connectivity index (χ2v) is 6.51. The van der Waals surface area contributed by atoms with Gasteiger partial charge in [0.1, 0.15) is 12.0 Å². The summed E-state index contributed by atoms with van der Waals surface area (Å²) in [6.07, 6.45) is 1.30. The van der Waals surface area contributed by atoms with E-state index in [0.29, 0.717) is 23.9 Å². The molecule has 0 aliphatic carbocycles. The van der Waals surface area contributed by atoms with Crippen LogP contribution >= 0.6 is 0 Å². The Bertz CT molecular complexity index is 865. The molecule has 26 heavy (non-hydrogen) atoms. The van der Waals surface area contributed by atoms with Crippen LogP contribution in [0.15, 0.2) is 24.3 Å². The molecule has 0 spiro atoms. The molecule has 4 rings (SSSR count). The highest BCUT2D eigenvalue weighted by Crippen LogP contribution is 2.40. The molecule has 8 nitrogen and oxygen atoms in total. The van der Waals surface area contributed by atoms with Crippen molar-refractivity contribution < 1.29 is 14.0 Å². The summed E-state index contributed by atoms with van der Waals surface area (Å²) in [7, 11) is 1.64. The number of halogens is 1. The largest absolute Gasteiger partial charge is 0.325 e. The first-order valence-electron chi connectivity index (χ1n) is 8.58. The van der Waals surface area contributed by atoms with Gasteiger partial charge in [0, 0.05) is 19.2 Å². The van der Waals surface area contributed by atoms with Crippen LogP contribution in [0.2, 0.25) is 0 Å². The Hall–Kier alpha value is -2.97. The van der Waals surface area contributed by atoms with Crippen molar-refractivity contribution in [1.82, 2.24) is 25.0 Å². The number of carbonyl (C=O) groups is 2. The molecular formula is C17H19FN6O2. The van der Waals surface area contributed by atoms with E-state index in [1.54, 1.807) is 23.7 Å². The summed E-state index contributed by atoms with van der Waals surface area (Å²) < 4.78 is 15.1. The van der Waals surface area contributed by atoms with Crippen molar-refractivity contribution in [3.05, 3.63) is 30.1 Å². The van der Waals surface area contributed by atoms with Crippen molar-refractivity contribution >= 4 is 17.9 Å². The molecule has 1 saturated heterocycles. The molecule has 2 aliphatic rings. The van der Waals surface area contributed by atoms with Gasteiger partial charge in [-0.1, -0.05) is 13.3 Å². The number of rotatable bonds is 4. The number of hydrogen-bond acceptors (Lipinski definition) is 5. The Labute approximate surface area is 149 Å². The highest BCUT2D eigenvalue weighted by molar-refractivity contribution is 6.02. The van der Waals surface area contributed by atoms with Gasteiger partial charge in [-0.05, 0) is 30.7 Å². The maximum Gasteiger partial charge on any atom is 0.325 e. The fraction of sp³-hybridized carbons (Fsp3) is 0.412. The predicted molar refractivity (Wildman–Crippen MR) is 91.8 cm³/mol. The second kappa shape index (κ2) is 6.08. The molecule has 3 amide bonds. The molecule has 2 unspecified atom stereocenters. The minimum absolute atomic E-state index is 0.343. The molecule has 9 heteroatoms. The van der Waals surface area contributed by atoms with Crippen LogP contribution in [0, 0.1) is 5.82 Å². The van der Waals surface area contributed by atoms with Crippen molar-refractivity contribution in [1.29, 1.82) is 0 Å². The summed E-state index contributed by atoms with van der Waals surface area (Å²) in [6, 6.07) is 4.90. The third kappa shape index (κ3) is 2.34. The zero-order valence-corrected chi connectivity index (χ0v) is 14.5. The van der Waals surface area contributed by atoms with Gasteiger partial charge < -0.3 is 9.80 Å². The second-order valence-electron chi connectivity index (χ2n) is 6.51. The van der Waals surface area contributed by atoms with Crippen molar-refractivity contribution in [3.8, 4) is 11.4 Å². The van der Waals surface area contributed by atoms with E-state index < -0.39 is 18.2 Å². The molecule has 2 atom stereocenters. The normalized spacial score (nSPS) is 21.7. The number of imide groups is 1. The van der Waals surface area contributed by atoms with E-state index in [4.69, 9.17) is 0 Å². The van der Waals surface area contributed by atoms with E-state index in [9.17, 15) is 14.0 Å². The van der Waals surface area contributed by atoms with Crippen LogP contribution in [-0.4, -0.2) is 51.2 Å². The lowest BCUT2D eigenvalue weighted by molar-refractivity contribution is -0.124. The Morgan fingerprint density at radius 1 is 1.19 bits per heavy atom. The maximum absolute atomic E-state index is 13.3. The van der Waals surface area contributed by atoms with Crippen LogP contribution in [-0.2, 0) is 4.79 Å². The lowest BCUT2D eigenvalue weighted by Crippen LogP contribution is -2.61. The molecule has 0 bridgehead atoms. The molecule has 0 radical (unpaired) electrons. The minimum atomic E-state index is -0.561. The van der Waals surface area contributed by atoms with Crippen molar-refractivity contribution in [3.63, 3.8) is 0 Å². The molecule has 2 aromatic rings. The van der Waals surface area contributed by atoms with Gasteiger partial charge >= 0.3 is 6.03 Å². The van der Waals surface area contributed by atoms with Gasteiger partial charge in [-0.2, -0.15) is 0 Å². The molecule has 1 N–H and O–H groups in total. The SMILES string of the molecule is CCCCN1c2nnc(-c3ccc(F)cc3)n2C2C1C(=O)NC(=O)N2C. The van der Waals surface area contributed by atoms with Crippen molar-refractivity contribution in [2.45, 2.75) is 32.0 Å². The van der Waals surface area contributed by atoms with Gasteiger partial charge in [0.2, 0.25) is 5.95 Å². The lowest BCUT2D eigenvalue weighted by Gasteiger charge is -2.37. The van der Waals surface area contributed by atoms with Crippen LogP contribution in [0.3, 0.4) is 0 Å². The van der Waals surface area contributed by atoms with Crippen LogP contribution in [0.5, 0.6) is 0 Å². The Kier molecular flexibility index (Phi) is 3.86. The van der Waals surface area contributed by atoms with E-state index in [-0.39, 0.29) is 11.7 Å². The number of amides is 3. The number of unbranched alkanes of at least 4 members (excludes halogenated alkanes) is 1. The van der Waals surface area contributed by atoms with Gasteiger partial charge in [-0.15, -0.1) is 10.2 Å². The zero-order chi connectivity index (χ0) is 18.4. The summed E-state index contributed by atoms with van der Waals surface area (Å²) >= 11 is 0. The highest BCUT2D eigenvalue weighted by atomic mass is 19.1. The molecular weight excluding hydrogens is 339 g/mol. The number of carbonyl (C=O) groups excluding carboxylic acids is 2. The zero-order valence-electron chi connectivity index (χ0n) is 14.5. The molecule has 1 fully saturated rings. The van der Waals surface area contributed by atoms with Crippen molar-refractivity contribution in [2.24, 2.45) is 0 Å². The molecule has 2 aliphatic heterocycles.